The fraction of sp³-hybridized carbons (Fsp3) is 0.600. The van der Waals surface area contributed by atoms with Crippen LogP contribution in [0.4, 0.5) is 11.4 Å². The minimum Gasteiger partial charge on any atom is -0.494 e. The number of ether oxygens (including phenoxy) is 2. The zero-order chi connectivity index (χ0) is 26.7. The highest BCUT2D eigenvalue weighted by atomic mass is 16.5. The Morgan fingerprint density at radius 1 is 0.526 bits per heavy atom. The number of benzene rings is 2. The predicted molar refractivity (Wildman–Crippen MR) is 152 cm³/mol. The molecule has 0 radical (unpaired) electrons. The first-order chi connectivity index (χ1) is 18.8. The fourth-order valence-corrected chi connectivity index (χ4v) is 4.45. The van der Waals surface area contributed by atoms with E-state index >= 15 is 0 Å². The van der Waals surface area contributed by atoms with Crippen LogP contribution in [-0.4, -0.2) is 85.7 Å². The van der Waals surface area contributed by atoms with E-state index in [-0.39, 0.29) is 13.2 Å². The van der Waals surface area contributed by atoms with Crippen molar-refractivity contribution in [1.82, 2.24) is 9.80 Å². The molecule has 1 aliphatic heterocycles. The molecule has 0 spiro atoms. The van der Waals surface area contributed by atoms with Crippen molar-refractivity contribution in [3.8, 4) is 11.5 Å². The van der Waals surface area contributed by atoms with Crippen molar-refractivity contribution < 1.29 is 19.7 Å². The predicted octanol–water partition coefficient (Wildman–Crippen LogP) is 5.58. The van der Waals surface area contributed by atoms with E-state index in [4.69, 9.17) is 19.7 Å². The van der Waals surface area contributed by atoms with Crippen molar-refractivity contribution in [2.75, 3.05) is 65.7 Å². The van der Waals surface area contributed by atoms with Crippen molar-refractivity contribution in [3.63, 3.8) is 0 Å². The average molecular weight is 527 g/mol. The maximum absolute atomic E-state index is 9.04. The Kier molecular flexibility index (Phi) is 14.8. The SMILES string of the molecule is OCCCCCCOc1ccc(N=Nc2ccc(OCCCCCCN3CCN(CCO)CC3)cc2)cc1. The molecule has 1 heterocycles. The van der Waals surface area contributed by atoms with Crippen molar-refractivity contribution >= 4 is 11.4 Å². The molecule has 2 aromatic carbocycles. The highest BCUT2D eigenvalue weighted by Gasteiger charge is 2.15. The van der Waals surface area contributed by atoms with Crippen molar-refractivity contribution in [3.05, 3.63) is 48.5 Å². The zero-order valence-corrected chi connectivity index (χ0v) is 22.8. The van der Waals surface area contributed by atoms with Gasteiger partial charge in [-0.3, -0.25) is 4.90 Å². The molecule has 0 bridgehead atoms. The van der Waals surface area contributed by atoms with Gasteiger partial charge in [0.1, 0.15) is 11.5 Å². The standard InChI is InChI=1S/C30H46N4O4/c35-23-6-2-4-8-26-38-30-15-11-28(12-16-30)32-31-27-9-13-29(14-10-27)37-25-7-3-1-5-17-33-18-20-34(21-19-33)22-24-36/h9-16,35-36H,1-8,17-26H2. The number of nitrogens with zero attached hydrogens (tertiary/aromatic N) is 4. The summed E-state index contributed by atoms with van der Waals surface area (Å²) in [6.45, 7) is 8.32. The number of hydrogen-bond acceptors (Lipinski definition) is 8. The largest absolute Gasteiger partial charge is 0.494 e. The maximum Gasteiger partial charge on any atom is 0.119 e. The molecule has 0 aliphatic carbocycles. The number of unbranched alkanes of at least 4 members (excludes halogenated alkanes) is 6. The fourth-order valence-electron chi connectivity index (χ4n) is 4.45. The van der Waals surface area contributed by atoms with E-state index in [1.54, 1.807) is 0 Å². The number of aliphatic hydroxyl groups excluding tert-OH is 2. The third-order valence-corrected chi connectivity index (χ3v) is 6.79. The molecule has 1 saturated heterocycles. The van der Waals surface area contributed by atoms with Crippen LogP contribution in [0, 0.1) is 0 Å². The van der Waals surface area contributed by atoms with Gasteiger partial charge in [-0.25, -0.2) is 0 Å². The van der Waals surface area contributed by atoms with Crippen LogP contribution in [0.2, 0.25) is 0 Å². The molecule has 0 aromatic heterocycles. The van der Waals surface area contributed by atoms with Gasteiger partial charge in [0.2, 0.25) is 0 Å². The third-order valence-electron chi connectivity index (χ3n) is 6.79. The summed E-state index contributed by atoms with van der Waals surface area (Å²) in [5.41, 5.74) is 1.57. The lowest BCUT2D eigenvalue weighted by Crippen LogP contribution is -2.47. The van der Waals surface area contributed by atoms with E-state index in [0.717, 1.165) is 94.3 Å². The van der Waals surface area contributed by atoms with Gasteiger partial charge in [-0.15, -0.1) is 0 Å². The Labute approximate surface area is 228 Å². The van der Waals surface area contributed by atoms with Gasteiger partial charge in [-0.2, -0.15) is 10.2 Å². The van der Waals surface area contributed by atoms with Crippen LogP contribution in [0.25, 0.3) is 0 Å². The van der Waals surface area contributed by atoms with Gasteiger partial charge in [-0.1, -0.05) is 19.3 Å². The highest BCUT2D eigenvalue weighted by Crippen LogP contribution is 2.23. The van der Waals surface area contributed by atoms with Gasteiger partial charge < -0.3 is 24.6 Å². The topological polar surface area (TPSA) is 90.1 Å². The Bertz CT molecular complexity index is 884. The molecule has 1 aliphatic rings. The van der Waals surface area contributed by atoms with Crippen LogP contribution in [0.1, 0.15) is 51.4 Å². The molecule has 8 heteroatoms. The van der Waals surface area contributed by atoms with E-state index in [9.17, 15) is 0 Å². The molecule has 8 nitrogen and oxygen atoms in total. The lowest BCUT2D eigenvalue weighted by atomic mass is 10.2. The van der Waals surface area contributed by atoms with Gasteiger partial charge in [0.25, 0.3) is 0 Å². The highest BCUT2D eigenvalue weighted by molar-refractivity contribution is 5.44. The molecule has 0 saturated carbocycles. The molecule has 38 heavy (non-hydrogen) atoms. The summed E-state index contributed by atoms with van der Waals surface area (Å²) < 4.78 is 11.6. The van der Waals surface area contributed by atoms with E-state index in [0.29, 0.717) is 6.61 Å². The summed E-state index contributed by atoms with van der Waals surface area (Å²) in [5.74, 6) is 1.70. The smallest absolute Gasteiger partial charge is 0.119 e. The third kappa shape index (κ3) is 12.3. The number of aliphatic hydroxyl groups is 2. The lowest BCUT2D eigenvalue weighted by Gasteiger charge is -2.34. The molecule has 0 atom stereocenters. The molecule has 2 aromatic rings. The van der Waals surface area contributed by atoms with Crippen molar-refractivity contribution in [1.29, 1.82) is 0 Å². The number of rotatable bonds is 19. The zero-order valence-electron chi connectivity index (χ0n) is 22.8. The minimum atomic E-state index is 0.262. The molecule has 0 amide bonds. The van der Waals surface area contributed by atoms with E-state index in [1.807, 2.05) is 48.5 Å². The first-order valence-electron chi connectivity index (χ1n) is 14.3. The number of hydrogen-bond donors (Lipinski definition) is 2. The summed E-state index contributed by atoms with van der Waals surface area (Å²) in [6.07, 6.45) is 8.69. The monoisotopic (exact) mass is 526 g/mol. The molecular formula is C30H46N4O4. The molecule has 2 N–H and O–H groups in total. The summed E-state index contributed by atoms with van der Waals surface area (Å²) >= 11 is 0. The molecule has 3 rings (SSSR count). The number of β-amino-alcohol motifs (C(OH)–C–C–N with tert-alkyl or cyclic N) is 1. The summed E-state index contributed by atoms with van der Waals surface area (Å²) in [6, 6.07) is 15.4. The van der Waals surface area contributed by atoms with Crippen LogP contribution in [-0.2, 0) is 0 Å². The Morgan fingerprint density at radius 2 is 0.974 bits per heavy atom. The van der Waals surface area contributed by atoms with Crippen LogP contribution in [0.15, 0.2) is 58.8 Å². The van der Waals surface area contributed by atoms with Crippen LogP contribution < -0.4 is 9.47 Å². The lowest BCUT2D eigenvalue weighted by molar-refractivity contribution is 0.111. The van der Waals surface area contributed by atoms with Gasteiger partial charge in [0.15, 0.2) is 0 Å². The molecule has 0 unspecified atom stereocenters. The molecule has 1 fully saturated rings. The Morgan fingerprint density at radius 3 is 1.45 bits per heavy atom. The molecular weight excluding hydrogens is 480 g/mol. The molecule has 210 valence electrons. The Balaban J connectivity index is 1.23. The van der Waals surface area contributed by atoms with E-state index in [2.05, 4.69) is 20.0 Å². The van der Waals surface area contributed by atoms with E-state index in [1.165, 1.54) is 25.8 Å². The number of piperazine rings is 1. The van der Waals surface area contributed by atoms with Crippen molar-refractivity contribution in [2.24, 2.45) is 10.2 Å². The minimum absolute atomic E-state index is 0.262. The quantitative estimate of drug-likeness (QED) is 0.183. The summed E-state index contributed by atoms with van der Waals surface area (Å²) in [4.78, 5) is 4.88. The van der Waals surface area contributed by atoms with E-state index < -0.39 is 0 Å². The Hall–Kier alpha value is -2.52. The summed E-state index contributed by atoms with van der Waals surface area (Å²) in [5, 5.41) is 26.5. The number of azo groups is 1. The summed E-state index contributed by atoms with van der Waals surface area (Å²) in [7, 11) is 0. The average Bonchev–Trinajstić information content (AvgIpc) is 2.95. The van der Waals surface area contributed by atoms with Gasteiger partial charge in [0, 0.05) is 39.3 Å². The maximum atomic E-state index is 9.04. The van der Waals surface area contributed by atoms with Gasteiger partial charge in [-0.05, 0) is 87.2 Å². The van der Waals surface area contributed by atoms with Crippen LogP contribution in [0.5, 0.6) is 11.5 Å². The van der Waals surface area contributed by atoms with Gasteiger partial charge >= 0.3 is 0 Å². The first-order valence-corrected chi connectivity index (χ1v) is 14.3. The van der Waals surface area contributed by atoms with Crippen LogP contribution in [0.3, 0.4) is 0 Å². The second-order valence-corrected chi connectivity index (χ2v) is 9.84. The van der Waals surface area contributed by atoms with Gasteiger partial charge in [0.05, 0.1) is 31.2 Å². The van der Waals surface area contributed by atoms with Crippen LogP contribution >= 0.6 is 0 Å². The van der Waals surface area contributed by atoms with Crippen molar-refractivity contribution in [2.45, 2.75) is 51.4 Å². The first kappa shape index (κ1) is 30.0. The second kappa shape index (κ2) is 18.7. The second-order valence-electron chi connectivity index (χ2n) is 9.84. The normalized spacial score (nSPS) is 14.8.